The molecule has 0 radical (unpaired) electrons. The molecule has 0 amide bonds. The maximum atomic E-state index is 6.00. The van der Waals surface area contributed by atoms with E-state index in [0.29, 0.717) is 0 Å². The summed E-state index contributed by atoms with van der Waals surface area (Å²) in [6.07, 6.45) is 4.24. The number of fused-ring (bicyclic) bond motifs is 3. The lowest BCUT2D eigenvalue weighted by Crippen LogP contribution is -2.12. The molecule has 3 rings (SSSR count). The van der Waals surface area contributed by atoms with Crippen molar-refractivity contribution in [3.63, 3.8) is 0 Å². The van der Waals surface area contributed by atoms with Crippen molar-refractivity contribution in [3.05, 3.63) is 34.7 Å². The topological polar surface area (TPSA) is 17.3 Å². The SMILES string of the molecule is CC1(C)CCc2c1nc1ccc(Cl)cn21. The summed E-state index contributed by atoms with van der Waals surface area (Å²) in [6, 6.07) is 3.88. The molecule has 78 valence electrons. The smallest absolute Gasteiger partial charge is 0.137 e. The molecule has 0 saturated heterocycles. The molecule has 2 aromatic heterocycles. The molecule has 0 aliphatic heterocycles. The zero-order valence-corrected chi connectivity index (χ0v) is 9.67. The molecule has 0 N–H and O–H groups in total. The summed E-state index contributed by atoms with van der Waals surface area (Å²) in [5, 5.41) is 0.771. The van der Waals surface area contributed by atoms with E-state index in [4.69, 9.17) is 16.6 Å². The first kappa shape index (κ1) is 9.22. The van der Waals surface area contributed by atoms with Crippen LogP contribution in [-0.4, -0.2) is 9.38 Å². The Bertz CT molecular complexity index is 540. The fourth-order valence-electron chi connectivity index (χ4n) is 2.40. The van der Waals surface area contributed by atoms with Crippen LogP contribution in [-0.2, 0) is 11.8 Å². The van der Waals surface area contributed by atoms with Gasteiger partial charge >= 0.3 is 0 Å². The molecule has 2 nitrogen and oxygen atoms in total. The van der Waals surface area contributed by atoms with Gasteiger partial charge in [-0.15, -0.1) is 0 Å². The van der Waals surface area contributed by atoms with Gasteiger partial charge in [0.05, 0.1) is 10.7 Å². The zero-order chi connectivity index (χ0) is 10.6. The van der Waals surface area contributed by atoms with Crippen LogP contribution in [0.2, 0.25) is 5.02 Å². The highest BCUT2D eigenvalue weighted by Gasteiger charge is 2.34. The number of hydrogen-bond donors (Lipinski definition) is 0. The first-order valence-corrected chi connectivity index (χ1v) is 5.63. The minimum atomic E-state index is 0.216. The van der Waals surface area contributed by atoms with Gasteiger partial charge < -0.3 is 4.40 Å². The summed E-state index contributed by atoms with van der Waals surface area (Å²) in [5.74, 6) is 0. The predicted octanol–water partition coefficient (Wildman–Crippen LogP) is 3.21. The van der Waals surface area contributed by atoms with Crippen LogP contribution in [0.15, 0.2) is 18.3 Å². The first-order chi connectivity index (χ1) is 7.08. The monoisotopic (exact) mass is 220 g/mol. The molecule has 1 aliphatic carbocycles. The van der Waals surface area contributed by atoms with Crippen molar-refractivity contribution >= 4 is 17.2 Å². The quantitative estimate of drug-likeness (QED) is 0.667. The second-order valence-corrected chi connectivity index (χ2v) is 5.30. The Morgan fingerprint density at radius 3 is 3.00 bits per heavy atom. The first-order valence-electron chi connectivity index (χ1n) is 5.25. The van der Waals surface area contributed by atoms with E-state index in [0.717, 1.165) is 17.1 Å². The number of hydrogen-bond acceptors (Lipinski definition) is 1. The lowest BCUT2D eigenvalue weighted by Gasteiger charge is -2.14. The second kappa shape index (κ2) is 2.76. The van der Waals surface area contributed by atoms with Crippen LogP contribution in [0.4, 0.5) is 0 Å². The largest absolute Gasteiger partial charge is 0.302 e. The fourth-order valence-corrected chi connectivity index (χ4v) is 2.56. The third kappa shape index (κ3) is 1.21. The third-order valence-electron chi connectivity index (χ3n) is 3.31. The van der Waals surface area contributed by atoms with Crippen molar-refractivity contribution in [1.29, 1.82) is 0 Å². The molecule has 0 atom stereocenters. The van der Waals surface area contributed by atoms with Crippen LogP contribution in [0.1, 0.15) is 31.7 Å². The van der Waals surface area contributed by atoms with Gasteiger partial charge in [-0.1, -0.05) is 25.4 Å². The van der Waals surface area contributed by atoms with Gasteiger partial charge in [0.25, 0.3) is 0 Å². The van der Waals surface area contributed by atoms with Gasteiger partial charge in [0, 0.05) is 17.3 Å². The highest BCUT2D eigenvalue weighted by molar-refractivity contribution is 6.30. The van der Waals surface area contributed by atoms with Gasteiger partial charge in [-0.3, -0.25) is 0 Å². The van der Waals surface area contributed by atoms with Crippen LogP contribution >= 0.6 is 11.6 Å². The Balaban J connectivity index is 2.36. The molecule has 0 aromatic carbocycles. The summed E-state index contributed by atoms with van der Waals surface area (Å²) in [5.41, 5.74) is 3.80. The molecule has 1 aliphatic rings. The standard InChI is InChI=1S/C12H13ClN2/c1-12(2)6-5-9-11(12)14-10-4-3-8(13)7-15(9)10/h3-4,7H,5-6H2,1-2H3. The molecule has 0 unspecified atom stereocenters. The fraction of sp³-hybridized carbons (Fsp3) is 0.417. The molecule has 2 aromatic rings. The lowest BCUT2D eigenvalue weighted by atomic mass is 9.91. The van der Waals surface area contributed by atoms with Gasteiger partial charge in [-0.05, 0) is 25.0 Å². The van der Waals surface area contributed by atoms with Crippen LogP contribution in [0.5, 0.6) is 0 Å². The van der Waals surface area contributed by atoms with E-state index in [-0.39, 0.29) is 5.41 Å². The number of aromatic nitrogens is 2. The molecule has 0 bridgehead atoms. The molecular formula is C12H13ClN2. The number of halogens is 1. The van der Waals surface area contributed by atoms with Crippen LogP contribution in [0.3, 0.4) is 0 Å². The average molecular weight is 221 g/mol. The number of imidazole rings is 1. The van der Waals surface area contributed by atoms with Gasteiger partial charge in [0.2, 0.25) is 0 Å². The van der Waals surface area contributed by atoms with E-state index in [1.807, 2.05) is 18.3 Å². The molecular weight excluding hydrogens is 208 g/mol. The van der Waals surface area contributed by atoms with Crippen molar-refractivity contribution in [2.45, 2.75) is 32.1 Å². The average Bonchev–Trinajstić information content (AvgIpc) is 2.66. The van der Waals surface area contributed by atoms with E-state index in [2.05, 4.69) is 18.2 Å². The summed E-state index contributed by atoms with van der Waals surface area (Å²) >= 11 is 6.00. The van der Waals surface area contributed by atoms with Crippen LogP contribution in [0.25, 0.3) is 5.65 Å². The van der Waals surface area contributed by atoms with Gasteiger partial charge in [0.1, 0.15) is 5.65 Å². The minimum Gasteiger partial charge on any atom is -0.302 e. The highest BCUT2D eigenvalue weighted by Crippen LogP contribution is 2.38. The third-order valence-corrected chi connectivity index (χ3v) is 3.53. The van der Waals surface area contributed by atoms with Crippen LogP contribution in [0, 0.1) is 0 Å². The van der Waals surface area contributed by atoms with Crippen molar-refractivity contribution in [1.82, 2.24) is 9.38 Å². The van der Waals surface area contributed by atoms with E-state index in [1.165, 1.54) is 17.8 Å². The molecule has 15 heavy (non-hydrogen) atoms. The Hall–Kier alpha value is -1.02. The van der Waals surface area contributed by atoms with E-state index in [1.54, 1.807) is 0 Å². The number of pyridine rings is 1. The van der Waals surface area contributed by atoms with E-state index < -0.39 is 0 Å². The van der Waals surface area contributed by atoms with Gasteiger partial charge in [0.15, 0.2) is 0 Å². The minimum absolute atomic E-state index is 0.216. The molecule has 0 saturated carbocycles. The molecule has 0 spiro atoms. The van der Waals surface area contributed by atoms with E-state index >= 15 is 0 Å². The summed E-state index contributed by atoms with van der Waals surface area (Å²) < 4.78 is 2.13. The summed E-state index contributed by atoms with van der Waals surface area (Å²) in [7, 11) is 0. The molecule has 3 heteroatoms. The summed E-state index contributed by atoms with van der Waals surface area (Å²) in [6.45, 7) is 4.51. The lowest BCUT2D eigenvalue weighted by molar-refractivity contribution is 0.510. The molecule has 2 heterocycles. The van der Waals surface area contributed by atoms with Crippen LogP contribution < -0.4 is 0 Å². The highest BCUT2D eigenvalue weighted by atomic mass is 35.5. The maximum absolute atomic E-state index is 6.00. The maximum Gasteiger partial charge on any atom is 0.137 e. The van der Waals surface area contributed by atoms with E-state index in [9.17, 15) is 0 Å². The summed E-state index contributed by atoms with van der Waals surface area (Å²) in [4.78, 5) is 4.69. The Kier molecular flexibility index (Phi) is 1.70. The Labute approximate surface area is 93.9 Å². The van der Waals surface area contributed by atoms with Gasteiger partial charge in [-0.2, -0.15) is 0 Å². The Morgan fingerprint density at radius 1 is 1.40 bits per heavy atom. The Morgan fingerprint density at radius 2 is 2.20 bits per heavy atom. The van der Waals surface area contributed by atoms with Crippen molar-refractivity contribution in [3.8, 4) is 0 Å². The zero-order valence-electron chi connectivity index (χ0n) is 8.92. The molecule has 0 fully saturated rings. The number of aryl methyl sites for hydroxylation is 1. The van der Waals surface area contributed by atoms with Crippen molar-refractivity contribution < 1.29 is 0 Å². The number of nitrogens with zero attached hydrogens (tertiary/aromatic N) is 2. The van der Waals surface area contributed by atoms with Crippen molar-refractivity contribution in [2.75, 3.05) is 0 Å². The van der Waals surface area contributed by atoms with Gasteiger partial charge in [-0.25, -0.2) is 4.98 Å². The second-order valence-electron chi connectivity index (χ2n) is 4.87. The van der Waals surface area contributed by atoms with Crippen molar-refractivity contribution in [2.24, 2.45) is 0 Å². The predicted molar refractivity (Wildman–Crippen MR) is 61.5 cm³/mol. The normalized spacial score (nSPS) is 18.3. The number of rotatable bonds is 0.